The molecule has 0 aromatic rings. The Hall–Kier alpha value is -0.160. The van der Waals surface area contributed by atoms with Crippen LogP contribution in [0.4, 0.5) is 0 Å². The Morgan fingerprint density at radius 1 is 1.29 bits per heavy atom. The second-order valence-corrected chi connectivity index (χ2v) is 5.33. The molecule has 0 aliphatic heterocycles. The fourth-order valence-corrected chi connectivity index (χ4v) is 2.16. The molecular formula is C13H27NO3. The maximum atomic E-state index is 9.77. The summed E-state index contributed by atoms with van der Waals surface area (Å²) in [7, 11) is 0. The summed E-state index contributed by atoms with van der Waals surface area (Å²) in [6, 6.07) is 0.0520. The molecule has 1 saturated carbocycles. The molecule has 0 heterocycles. The largest absolute Gasteiger partial charge is 0.395 e. The van der Waals surface area contributed by atoms with Gasteiger partial charge in [0, 0.05) is 12.6 Å². The van der Waals surface area contributed by atoms with Gasteiger partial charge in [-0.05, 0) is 18.8 Å². The average molecular weight is 245 g/mol. The molecule has 0 saturated heterocycles. The van der Waals surface area contributed by atoms with Gasteiger partial charge in [0.05, 0.1) is 25.4 Å². The second kappa shape index (κ2) is 8.03. The maximum absolute atomic E-state index is 9.77. The maximum Gasteiger partial charge on any atom is 0.0897 e. The smallest absolute Gasteiger partial charge is 0.0897 e. The van der Waals surface area contributed by atoms with E-state index in [2.05, 4.69) is 19.2 Å². The highest BCUT2D eigenvalue weighted by molar-refractivity contribution is 4.72. The van der Waals surface area contributed by atoms with Crippen molar-refractivity contribution in [2.24, 2.45) is 5.92 Å². The Bertz CT molecular complexity index is 193. The lowest BCUT2D eigenvalue weighted by Gasteiger charge is -2.22. The molecule has 0 spiro atoms. The molecule has 2 atom stereocenters. The van der Waals surface area contributed by atoms with E-state index in [1.54, 1.807) is 0 Å². The Balaban J connectivity index is 2.09. The molecule has 1 rings (SSSR count). The number of nitrogens with one attached hydrogen (secondary N) is 1. The summed E-state index contributed by atoms with van der Waals surface area (Å²) in [6.45, 7) is 5.09. The van der Waals surface area contributed by atoms with Gasteiger partial charge in [0.25, 0.3) is 0 Å². The Labute approximate surface area is 104 Å². The van der Waals surface area contributed by atoms with Crippen molar-refractivity contribution in [3.63, 3.8) is 0 Å². The molecule has 102 valence electrons. The monoisotopic (exact) mass is 245 g/mol. The van der Waals surface area contributed by atoms with Gasteiger partial charge in [-0.25, -0.2) is 0 Å². The Morgan fingerprint density at radius 2 is 1.94 bits per heavy atom. The van der Waals surface area contributed by atoms with E-state index in [0.717, 1.165) is 12.8 Å². The van der Waals surface area contributed by atoms with Gasteiger partial charge in [-0.15, -0.1) is 0 Å². The number of aliphatic hydroxyl groups excluding tert-OH is 2. The lowest BCUT2D eigenvalue weighted by molar-refractivity contribution is -0.00740. The van der Waals surface area contributed by atoms with Gasteiger partial charge < -0.3 is 20.3 Å². The van der Waals surface area contributed by atoms with E-state index >= 15 is 0 Å². The molecule has 0 aromatic carbocycles. The molecule has 0 radical (unpaired) electrons. The molecule has 1 aliphatic carbocycles. The van der Waals surface area contributed by atoms with Crippen molar-refractivity contribution < 1.29 is 14.9 Å². The SMILES string of the molecule is CC(C)[C@@H](CO)NCC(O)COC1CCCC1. The van der Waals surface area contributed by atoms with Crippen LogP contribution in [0.3, 0.4) is 0 Å². The lowest BCUT2D eigenvalue weighted by Crippen LogP contribution is -2.42. The number of rotatable bonds is 8. The third-order valence-electron chi connectivity index (χ3n) is 3.44. The summed E-state index contributed by atoms with van der Waals surface area (Å²) >= 11 is 0. The van der Waals surface area contributed by atoms with Gasteiger partial charge in [0.1, 0.15) is 0 Å². The first kappa shape index (κ1) is 14.9. The number of aliphatic hydroxyl groups is 2. The van der Waals surface area contributed by atoms with Gasteiger partial charge in [0.2, 0.25) is 0 Å². The zero-order valence-corrected chi connectivity index (χ0v) is 11.1. The first-order valence-corrected chi connectivity index (χ1v) is 6.77. The molecule has 0 bridgehead atoms. The predicted octanol–water partition coefficient (Wildman–Crippen LogP) is 0.913. The molecule has 0 aromatic heterocycles. The molecular weight excluding hydrogens is 218 g/mol. The number of hydrogen-bond acceptors (Lipinski definition) is 4. The normalized spacial score (nSPS) is 21.0. The third-order valence-corrected chi connectivity index (χ3v) is 3.44. The molecule has 3 N–H and O–H groups in total. The average Bonchev–Trinajstić information content (AvgIpc) is 2.79. The first-order valence-electron chi connectivity index (χ1n) is 6.77. The summed E-state index contributed by atoms with van der Waals surface area (Å²) < 4.78 is 5.64. The lowest BCUT2D eigenvalue weighted by atomic mass is 10.1. The van der Waals surface area contributed by atoms with Gasteiger partial charge >= 0.3 is 0 Å². The molecule has 1 fully saturated rings. The van der Waals surface area contributed by atoms with Crippen LogP contribution in [0.5, 0.6) is 0 Å². The van der Waals surface area contributed by atoms with Crippen LogP contribution < -0.4 is 5.32 Å². The summed E-state index contributed by atoms with van der Waals surface area (Å²) in [5, 5.41) is 22.1. The van der Waals surface area contributed by atoms with E-state index in [1.807, 2.05) is 0 Å². The van der Waals surface area contributed by atoms with E-state index in [1.165, 1.54) is 12.8 Å². The topological polar surface area (TPSA) is 61.7 Å². The van der Waals surface area contributed by atoms with Crippen molar-refractivity contribution in [3.8, 4) is 0 Å². The fraction of sp³-hybridized carbons (Fsp3) is 1.00. The highest BCUT2D eigenvalue weighted by atomic mass is 16.5. The van der Waals surface area contributed by atoms with E-state index in [0.29, 0.717) is 25.2 Å². The number of hydrogen-bond donors (Lipinski definition) is 3. The van der Waals surface area contributed by atoms with Gasteiger partial charge in [-0.3, -0.25) is 0 Å². The highest BCUT2D eigenvalue weighted by Gasteiger charge is 2.18. The minimum absolute atomic E-state index is 0.0520. The Kier molecular flexibility index (Phi) is 7.04. The van der Waals surface area contributed by atoms with Gasteiger partial charge in [0.15, 0.2) is 0 Å². The van der Waals surface area contributed by atoms with Crippen molar-refractivity contribution in [3.05, 3.63) is 0 Å². The predicted molar refractivity (Wildman–Crippen MR) is 67.9 cm³/mol. The van der Waals surface area contributed by atoms with Crippen LogP contribution >= 0.6 is 0 Å². The van der Waals surface area contributed by atoms with E-state index < -0.39 is 6.10 Å². The quantitative estimate of drug-likeness (QED) is 0.595. The molecule has 1 unspecified atom stereocenters. The van der Waals surface area contributed by atoms with Crippen LogP contribution in [0.2, 0.25) is 0 Å². The molecule has 4 heteroatoms. The minimum Gasteiger partial charge on any atom is -0.395 e. The standard InChI is InChI=1S/C13H27NO3/c1-10(2)13(8-15)14-7-11(16)9-17-12-5-3-4-6-12/h10-16H,3-9H2,1-2H3/t11?,13-/m1/s1. The van der Waals surface area contributed by atoms with Crippen LogP contribution in [0, 0.1) is 5.92 Å². The van der Waals surface area contributed by atoms with Gasteiger partial charge in [-0.2, -0.15) is 0 Å². The first-order chi connectivity index (χ1) is 8.13. The molecule has 1 aliphatic rings. The highest BCUT2D eigenvalue weighted by Crippen LogP contribution is 2.20. The van der Waals surface area contributed by atoms with Gasteiger partial charge in [-0.1, -0.05) is 26.7 Å². The summed E-state index contributed by atoms with van der Waals surface area (Å²) in [5.41, 5.74) is 0. The third kappa shape index (κ3) is 5.82. The van der Waals surface area contributed by atoms with Crippen molar-refractivity contribution in [1.82, 2.24) is 5.32 Å². The summed E-state index contributed by atoms with van der Waals surface area (Å²) in [6.07, 6.45) is 4.63. The van der Waals surface area contributed by atoms with Crippen LogP contribution in [0.15, 0.2) is 0 Å². The molecule has 4 nitrogen and oxygen atoms in total. The minimum atomic E-state index is -0.483. The number of ether oxygens (including phenoxy) is 1. The van der Waals surface area contributed by atoms with Crippen molar-refractivity contribution in [2.45, 2.75) is 57.8 Å². The molecule has 0 amide bonds. The van der Waals surface area contributed by atoms with Crippen LogP contribution in [0.25, 0.3) is 0 Å². The van der Waals surface area contributed by atoms with Crippen molar-refractivity contribution in [1.29, 1.82) is 0 Å². The molecule has 17 heavy (non-hydrogen) atoms. The zero-order valence-electron chi connectivity index (χ0n) is 11.1. The Morgan fingerprint density at radius 3 is 2.47 bits per heavy atom. The van der Waals surface area contributed by atoms with Crippen molar-refractivity contribution in [2.75, 3.05) is 19.8 Å². The second-order valence-electron chi connectivity index (χ2n) is 5.33. The zero-order chi connectivity index (χ0) is 12.7. The van der Waals surface area contributed by atoms with E-state index in [4.69, 9.17) is 9.84 Å². The summed E-state index contributed by atoms with van der Waals surface area (Å²) in [4.78, 5) is 0. The van der Waals surface area contributed by atoms with E-state index in [-0.39, 0.29) is 12.6 Å². The van der Waals surface area contributed by atoms with Crippen LogP contribution in [-0.2, 0) is 4.74 Å². The van der Waals surface area contributed by atoms with Crippen LogP contribution in [0.1, 0.15) is 39.5 Å². The summed E-state index contributed by atoms with van der Waals surface area (Å²) in [5.74, 6) is 0.364. The van der Waals surface area contributed by atoms with Crippen molar-refractivity contribution >= 4 is 0 Å². The van der Waals surface area contributed by atoms with E-state index in [9.17, 15) is 5.11 Å². The fourth-order valence-electron chi connectivity index (χ4n) is 2.16. The van der Waals surface area contributed by atoms with Crippen LogP contribution in [-0.4, -0.2) is 48.2 Å².